The van der Waals surface area contributed by atoms with Crippen LogP contribution in [0.4, 0.5) is 18.9 Å². The highest BCUT2D eigenvalue weighted by Gasteiger charge is 2.33. The second-order valence-electron chi connectivity index (χ2n) is 5.14. The molecule has 3 N–H and O–H groups in total. The summed E-state index contributed by atoms with van der Waals surface area (Å²) in [6.07, 6.45) is -4.26. The molecule has 1 aliphatic rings. The van der Waals surface area contributed by atoms with E-state index in [0.717, 1.165) is 17.2 Å². The first-order valence-electron chi connectivity index (χ1n) is 6.78. The molecule has 2 aromatic carbocycles. The number of halogens is 3. The lowest BCUT2D eigenvalue weighted by Crippen LogP contribution is -2.23. The maximum absolute atomic E-state index is 13.1. The maximum Gasteiger partial charge on any atom is 0.416 e. The van der Waals surface area contributed by atoms with E-state index in [1.807, 2.05) is 6.07 Å². The zero-order chi connectivity index (χ0) is 15.7. The van der Waals surface area contributed by atoms with Gasteiger partial charge in [0.25, 0.3) is 0 Å². The molecule has 0 radical (unpaired) electrons. The van der Waals surface area contributed by atoms with Gasteiger partial charge in [-0.05, 0) is 29.3 Å². The van der Waals surface area contributed by atoms with Crippen molar-refractivity contribution in [3.63, 3.8) is 0 Å². The molecule has 0 aromatic heterocycles. The van der Waals surface area contributed by atoms with Crippen molar-refractivity contribution < 1.29 is 13.2 Å². The first kappa shape index (κ1) is 14.4. The average molecular weight is 305 g/mol. The number of hydrazone groups is 1. The summed E-state index contributed by atoms with van der Waals surface area (Å²) in [6.45, 7) is 0.519. The molecule has 0 saturated heterocycles. The van der Waals surface area contributed by atoms with E-state index in [9.17, 15) is 13.2 Å². The molecule has 0 amide bonds. The van der Waals surface area contributed by atoms with Crippen molar-refractivity contribution in [2.24, 2.45) is 5.10 Å². The third-order valence-corrected chi connectivity index (χ3v) is 3.60. The molecule has 0 aliphatic carbocycles. The van der Waals surface area contributed by atoms with Gasteiger partial charge in [0, 0.05) is 17.7 Å². The number of hydrogen-bond acceptors (Lipinski definition) is 3. The fourth-order valence-corrected chi connectivity index (χ4v) is 2.59. The topological polar surface area (TPSA) is 50.4 Å². The smallest absolute Gasteiger partial charge is 0.399 e. The van der Waals surface area contributed by atoms with Gasteiger partial charge >= 0.3 is 6.18 Å². The van der Waals surface area contributed by atoms with Gasteiger partial charge in [0.2, 0.25) is 0 Å². The highest BCUT2D eigenvalue weighted by atomic mass is 19.4. The van der Waals surface area contributed by atoms with E-state index in [1.165, 1.54) is 12.1 Å². The minimum absolute atomic E-state index is 0.111. The van der Waals surface area contributed by atoms with Crippen molar-refractivity contribution in [1.29, 1.82) is 0 Å². The van der Waals surface area contributed by atoms with E-state index in [-0.39, 0.29) is 12.0 Å². The zero-order valence-electron chi connectivity index (χ0n) is 11.6. The van der Waals surface area contributed by atoms with Crippen molar-refractivity contribution in [2.45, 2.75) is 19.1 Å². The van der Waals surface area contributed by atoms with E-state index >= 15 is 0 Å². The Balaban J connectivity index is 1.97. The van der Waals surface area contributed by atoms with Crippen LogP contribution in [0.5, 0.6) is 0 Å². The van der Waals surface area contributed by atoms with Crippen LogP contribution in [0.1, 0.15) is 22.3 Å². The maximum atomic E-state index is 13.1. The molecule has 1 aliphatic heterocycles. The standard InChI is InChI=1S/C16H14F3N3/c17-16(18,19)14-4-2-1-3-10(14)8-15-13-6-5-12(20)7-11(13)9-21-22-15/h1-7,21H,8-9,20H2. The first-order chi connectivity index (χ1) is 10.4. The highest BCUT2D eigenvalue weighted by molar-refractivity contribution is 6.03. The van der Waals surface area contributed by atoms with Gasteiger partial charge in [0.15, 0.2) is 0 Å². The summed E-state index contributed by atoms with van der Waals surface area (Å²) in [7, 11) is 0. The molecule has 3 rings (SSSR count). The lowest BCUT2D eigenvalue weighted by molar-refractivity contribution is -0.138. The fourth-order valence-electron chi connectivity index (χ4n) is 2.59. The van der Waals surface area contributed by atoms with E-state index < -0.39 is 11.7 Å². The number of rotatable bonds is 2. The van der Waals surface area contributed by atoms with Crippen LogP contribution in [0, 0.1) is 0 Å². The fraction of sp³-hybridized carbons (Fsp3) is 0.188. The predicted molar refractivity (Wildman–Crippen MR) is 79.4 cm³/mol. The Morgan fingerprint density at radius 3 is 2.68 bits per heavy atom. The van der Waals surface area contributed by atoms with Crippen LogP contribution in [0.15, 0.2) is 47.6 Å². The summed E-state index contributed by atoms with van der Waals surface area (Å²) >= 11 is 0. The highest BCUT2D eigenvalue weighted by Crippen LogP contribution is 2.32. The Morgan fingerprint density at radius 2 is 1.91 bits per heavy atom. The molecule has 0 bridgehead atoms. The predicted octanol–water partition coefficient (Wildman–Crippen LogP) is 3.34. The van der Waals surface area contributed by atoms with Crippen LogP contribution in [0.25, 0.3) is 0 Å². The summed E-state index contributed by atoms with van der Waals surface area (Å²) in [5.74, 6) is 0. The van der Waals surface area contributed by atoms with Crippen LogP contribution >= 0.6 is 0 Å². The molecule has 6 heteroatoms. The van der Waals surface area contributed by atoms with Crippen molar-refractivity contribution in [3.8, 4) is 0 Å². The lowest BCUT2D eigenvalue weighted by Gasteiger charge is -2.20. The van der Waals surface area contributed by atoms with E-state index in [0.29, 0.717) is 17.9 Å². The number of anilines is 1. The molecule has 1 heterocycles. The molecule has 114 valence electrons. The SMILES string of the molecule is Nc1ccc2c(c1)CNN=C2Cc1ccccc1C(F)(F)F. The quantitative estimate of drug-likeness (QED) is 0.836. The van der Waals surface area contributed by atoms with Crippen molar-refractivity contribution >= 4 is 11.4 Å². The number of nitrogen functional groups attached to an aromatic ring is 1. The zero-order valence-corrected chi connectivity index (χ0v) is 11.6. The van der Waals surface area contributed by atoms with Gasteiger partial charge in [0.05, 0.1) is 17.8 Å². The second kappa shape index (κ2) is 5.36. The Labute approximate surface area is 125 Å². The number of nitrogens with one attached hydrogen (secondary N) is 1. The van der Waals surface area contributed by atoms with Gasteiger partial charge in [-0.2, -0.15) is 18.3 Å². The average Bonchev–Trinajstić information content (AvgIpc) is 2.46. The van der Waals surface area contributed by atoms with Gasteiger partial charge in [-0.1, -0.05) is 24.3 Å². The Hall–Kier alpha value is -2.50. The third kappa shape index (κ3) is 2.77. The van der Waals surface area contributed by atoms with Crippen molar-refractivity contribution in [3.05, 3.63) is 64.7 Å². The number of benzene rings is 2. The van der Waals surface area contributed by atoms with Gasteiger partial charge in [-0.25, -0.2) is 0 Å². The monoisotopic (exact) mass is 305 g/mol. The van der Waals surface area contributed by atoms with E-state index in [1.54, 1.807) is 18.2 Å². The number of nitrogens with zero attached hydrogens (tertiary/aromatic N) is 1. The summed E-state index contributed by atoms with van der Waals surface area (Å²) in [5.41, 5.74) is 11.2. The van der Waals surface area contributed by atoms with Crippen molar-refractivity contribution in [2.75, 3.05) is 5.73 Å². The Morgan fingerprint density at radius 1 is 1.14 bits per heavy atom. The molecule has 22 heavy (non-hydrogen) atoms. The molecular weight excluding hydrogens is 291 g/mol. The number of fused-ring (bicyclic) bond motifs is 1. The van der Waals surface area contributed by atoms with Gasteiger partial charge in [0.1, 0.15) is 0 Å². The summed E-state index contributed by atoms with van der Waals surface area (Å²) in [5, 5.41) is 4.18. The lowest BCUT2D eigenvalue weighted by atomic mass is 9.94. The van der Waals surface area contributed by atoms with Gasteiger partial charge in [-0.15, -0.1) is 0 Å². The number of nitrogens with two attached hydrogens (primary N) is 1. The minimum atomic E-state index is -4.37. The normalized spacial score (nSPS) is 14.0. The minimum Gasteiger partial charge on any atom is -0.399 e. The molecule has 0 spiro atoms. The number of hydrogen-bond donors (Lipinski definition) is 2. The molecule has 0 atom stereocenters. The van der Waals surface area contributed by atoms with Gasteiger partial charge < -0.3 is 11.2 Å². The van der Waals surface area contributed by atoms with E-state index in [2.05, 4.69) is 10.5 Å². The van der Waals surface area contributed by atoms with Crippen LogP contribution < -0.4 is 11.2 Å². The molecule has 0 saturated carbocycles. The van der Waals surface area contributed by atoms with Gasteiger partial charge in [-0.3, -0.25) is 0 Å². The molecule has 0 fully saturated rings. The van der Waals surface area contributed by atoms with Crippen molar-refractivity contribution in [1.82, 2.24) is 5.43 Å². The second-order valence-corrected chi connectivity index (χ2v) is 5.14. The summed E-state index contributed by atoms with van der Waals surface area (Å²) < 4.78 is 39.2. The first-order valence-corrected chi connectivity index (χ1v) is 6.78. The summed E-state index contributed by atoms with van der Waals surface area (Å²) in [4.78, 5) is 0. The molecule has 3 nitrogen and oxygen atoms in total. The molecular formula is C16H14F3N3. The Bertz CT molecular complexity index is 736. The summed E-state index contributed by atoms with van der Waals surface area (Å²) in [6, 6.07) is 10.9. The van der Waals surface area contributed by atoms with Crippen LogP contribution in [0.3, 0.4) is 0 Å². The third-order valence-electron chi connectivity index (χ3n) is 3.60. The Kier molecular flexibility index (Phi) is 3.52. The van der Waals surface area contributed by atoms with Crippen LogP contribution in [-0.4, -0.2) is 5.71 Å². The largest absolute Gasteiger partial charge is 0.416 e. The van der Waals surface area contributed by atoms with Crippen LogP contribution in [-0.2, 0) is 19.1 Å². The van der Waals surface area contributed by atoms with E-state index in [4.69, 9.17) is 5.73 Å². The molecule has 0 unspecified atom stereocenters. The van der Waals surface area contributed by atoms with Crippen LogP contribution in [0.2, 0.25) is 0 Å². The number of alkyl halides is 3. The molecule has 2 aromatic rings.